The third-order valence-corrected chi connectivity index (χ3v) is 5.18. The average molecular weight is 379 g/mol. The fraction of sp³-hybridized carbons (Fsp3) is 0.810. The first-order chi connectivity index (χ1) is 12.8. The molecule has 1 aromatic heterocycles. The number of H-pyrrole nitrogens is 1. The third kappa shape index (κ3) is 7.53. The van der Waals surface area contributed by atoms with Crippen LogP contribution < -0.4 is 5.32 Å². The number of rotatable bonds is 7. The van der Waals surface area contributed by atoms with Gasteiger partial charge in [0.05, 0.1) is 6.20 Å². The van der Waals surface area contributed by atoms with Crippen LogP contribution in [-0.4, -0.2) is 52.0 Å². The minimum absolute atomic E-state index is 0.156. The van der Waals surface area contributed by atoms with E-state index in [0.29, 0.717) is 6.04 Å². The minimum atomic E-state index is -0.441. The minimum Gasteiger partial charge on any atom is -0.444 e. The monoisotopic (exact) mass is 378 g/mol. The lowest BCUT2D eigenvalue weighted by Crippen LogP contribution is -2.45. The number of amides is 1. The average Bonchev–Trinajstić information content (AvgIpc) is 2.83. The highest BCUT2D eigenvalue weighted by Gasteiger charge is 2.30. The molecule has 1 aliphatic heterocycles. The van der Waals surface area contributed by atoms with Gasteiger partial charge in [-0.3, -0.25) is 5.10 Å². The molecule has 0 aliphatic carbocycles. The van der Waals surface area contributed by atoms with Crippen molar-refractivity contribution in [2.45, 2.75) is 97.2 Å². The van der Waals surface area contributed by atoms with Gasteiger partial charge in [-0.25, -0.2) is 4.79 Å². The molecule has 0 saturated carbocycles. The van der Waals surface area contributed by atoms with Crippen molar-refractivity contribution in [3.63, 3.8) is 0 Å². The van der Waals surface area contributed by atoms with Crippen LogP contribution >= 0.6 is 0 Å². The highest BCUT2D eigenvalue weighted by atomic mass is 16.6. The van der Waals surface area contributed by atoms with E-state index in [-0.39, 0.29) is 12.1 Å². The maximum Gasteiger partial charge on any atom is 0.410 e. The Morgan fingerprint density at radius 3 is 2.85 bits per heavy atom. The fourth-order valence-corrected chi connectivity index (χ4v) is 3.73. The van der Waals surface area contributed by atoms with E-state index in [4.69, 9.17) is 4.74 Å². The molecule has 0 bridgehead atoms. The van der Waals surface area contributed by atoms with Crippen LogP contribution in [0.15, 0.2) is 6.20 Å². The van der Waals surface area contributed by atoms with E-state index >= 15 is 0 Å². The van der Waals surface area contributed by atoms with Gasteiger partial charge < -0.3 is 15.0 Å². The molecule has 0 aromatic carbocycles. The van der Waals surface area contributed by atoms with Crippen molar-refractivity contribution < 1.29 is 9.53 Å². The lowest BCUT2D eigenvalue weighted by Gasteiger charge is -2.33. The summed E-state index contributed by atoms with van der Waals surface area (Å²) in [6.07, 6.45) is 9.39. The Kier molecular flexibility index (Phi) is 8.14. The summed E-state index contributed by atoms with van der Waals surface area (Å²) in [5, 5.41) is 10.7. The second-order valence-corrected chi connectivity index (χ2v) is 8.89. The Balaban J connectivity index is 1.80. The normalized spacial score (nSPS) is 19.6. The van der Waals surface area contributed by atoms with Crippen molar-refractivity contribution in [3.05, 3.63) is 17.5 Å². The molecule has 1 aliphatic rings. The molecule has 0 radical (unpaired) electrons. The van der Waals surface area contributed by atoms with E-state index in [9.17, 15) is 4.79 Å². The summed E-state index contributed by atoms with van der Waals surface area (Å²) < 4.78 is 5.65. The number of likely N-dealkylation sites (tertiary alicyclic amines) is 1. The first-order valence-corrected chi connectivity index (χ1v) is 10.5. The third-order valence-electron chi connectivity index (χ3n) is 5.18. The number of hydrogen-bond acceptors (Lipinski definition) is 4. The molecule has 0 unspecified atom stereocenters. The second kappa shape index (κ2) is 10.1. The maximum absolute atomic E-state index is 12.7. The molecule has 0 spiro atoms. The van der Waals surface area contributed by atoms with Gasteiger partial charge in [0.25, 0.3) is 0 Å². The SMILES string of the molecule is Cc1[nH]ncc1CCCN[C@H](C)C[C@@H]1CCCCCN1C(=O)OC(C)(C)C. The highest BCUT2D eigenvalue weighted by molar-refractivity contribution is 5.68. The second-order valence-electron chi connectivity index (χ2n) is 8.89. The number of aromatic nitrogens is 2. The van der Waals surface area contributed by atoms with Crippen LogP contribution in [0.5, 0.6) is 0 Å². The van der Waals surface area contributed by atoms with Crippen LogP contribution in [0.3, 0.4) is 0 Å². The van der Waals surface area contributed by atoms with Crippen LogP contribution in [0.25, 0.3) is 0 Å². The highest BCUT2D eigenvalue weighted by Crippen LogP contribution is 2.23. The van der Waals surface area contributed by atoms with Crippen molar-refractivity contribution in [1.82, 2.24) is 20.4 Å². The van der Waals surface area contributed by atoms with Gasteiger partial charge in [0.2, 0.25) is 0 Å². The van der Waals surface area contributed by atoms with E-state index in [1.54, 1.807) is 0 Å². The molecule has 27 heavy (non-hydrogen) atoms. The smallest absolute Gasteiger partial charge is 0.410 e. The molecular weight excluding hydrogens is 340 g/mol. The standard InChI is InChI=1S/C21H38N4O2/c1-16(22-12-9-10-18-15-23-24-17(18)2)14-19-11-7-6-8-13-25(19)20(26)27-21(3,4)5/h15-16,19,22H,6-14H2,1-5H3,(H,23,24)/t16-,19+/m1/s1. The summed E-state index contributed by atoms with van der Waals surface area (Å²) in [6, 6.07) is 0.643. The Bertz CT molecular complexity index is 579. The molecule has 154 valence electrons. The zero-order chi connectivity index (χ0) is 19.9. The molecule has 1 saturated heterocycles. The fourth-order valence-electron chi connectivity index (χ4n) is 3.73. The van der Waals surface area contributed by atoms with Crippen molar-refractivity contribution in [3.8, 4) is 0 Å². The zero-order valence-corrected chi connectivity index (χ0v) is 17.8. The van der Waals surface area contributed by atoms with Crippen molar-refractivity contribution in [2.75, 3.05) is 13.1 Å². The number of aryl methyl sites for hydroxylation is 2. The van der Waals surface area contributed by atoms with E-state index in [1.807, 2.05) is 31.9 Å². The van der Waals surface area contributed by atoms with Gasteiger partial charge in [-0.05, 0) is 78.8 Å². The molecule has 2 atom stereocenters. The molecule has 1 fully saturated rings. The zero-order valence-electron chi connectivity index (χ0n) is 17.8. The topological polar surface area (TPSA) is 70.2 Å². The molecule has 2 rings (SSSR count). The molecule has 2 N–H and O–H groups in total. The number of carbonyl (C=O) groups is 1. The quantitative estimate of drug-likeness (QED) is 0.698. The van der Waals surface area contributed by atoms with Crippen LogP contribution in [0.1, 0.15) is 77.5 Å². The Morgan fingerprint density at radius 2 is 2.19 bits per heavy atom. The predicted octanol–water partition coefficient (Wildman–Crippen LogP) is 4.20. The number of carbonyl (C=O) groups excluding carboxylic acids is 1. The lowest BCUT2D eigenvalue weighted by molar-refractivity contribution is 0.0150. The summed E-state index contributed by atoms with van der Waals surface area (Å²) in [6.45, 7) is 11.9. The van der Waals surface area contributed by atoms with Crippen LogP contribution in [0, 0.1) is 6.92 Å². The van der Waals surface area contributed by atoms with Gasteiger partial charge in [0.15, 0.2) is 0 Å². The Labute approximate surface area is 164 Å². The lowest BCUT2D eigenvalue weighted by atomic mass is 10.0. The first-order valence-electron chi connectivity index (χ1n) is 10.5. The van der Waals surface area contributed by atoms with E-state index in [1.165, 1.54) is 18.4 Å². The first kappa shape index (κ1) is 21.7. The van der Waals surface area contributed by atoms with Crippen molar-refractivity contribution in [2.24, 2.45) is 0 Å². The van der Waals surface area contributed by atoms with Gasteiger partial charge >= 0.3 is 6.09 Å². The molecule has 1 aromatic rings. The van der Waals surface area contributed by atoms with Gasteiger partial charge in [-0.1, -0.05) is 12.8 Å². The molecular formula is C21H38N4O2. The van der Waals surface area contributed by atoms with Crippen LogP contribution in [0.4, 0.5) is 4.79 Å². The van der Waals surface area contributed by atoms with E-state index < -0.39 is 5.60 Å². The largest absolute Gasteiger partial charge is 0.444 e. The summed E-state index contributed by atoms with van der Waals surface area (Å²) in [5.41, 5.74) is 2.02. The number of aromatic amines is 1. The Morgan fingerprint density at radius 1 is 1.41 bits per heavy atom. The van der Waals surface area contributed by atoms with E-state index in [2.05, 4.69) is 29.4 Å². The molecule has 6 heteroatoms. The number of hydrogen-bond donors (Lipinski definition) is 2. The molecule has 1 amide bonds. The predicted molar refractivity (Wildman–Crippen MR) is 109 cm³/mol. The van der Waals surface area contributed by atoms with Gasteiger partial charge in [0, 0.05) is 24.3 Å². The number of ether oxygens (including phenoxy) is 1. The van der Waals surface area contributed by atoms with Crippen LogP contribution in [-0.2, 0) is 11.2 Å². The van der Waals surface area contributed by atoms with Crippen molar-refractivity contribution in [1.29, 1.82) is 0 Å². The van der Waals surface area contributed by atoms with E-state index in [0.717, 1.165) is 50.9 Å². The molecule has 2 heterocycles. The summed E-state index contributed by atoms with van der Waals surface area (Å²) >= 11 is 0. The van der Waals surface area contributed by atoms with Crippen LogP contribution in [0.2, 0.25) is 0 Å². The van der Waals surface area contributed by atoms with Gasteiger partial charge in [-0.15, -0.1) is 0 Å². The number of nitrogens with one attached hydrogen (secondary N) is 2. The Hall–Kier alpha value is -1.56. The summed E-state index contributed by atoms with van der Waals surface area (Å²) in [5.74, 6) is 0. The van der Waals surface area contributed by atoms with Gasteiger partial charge in [-0.2, -0.15) is 5.10 Å². The van der Waals surface area contributed by atoms with Crippen molar-refractivity contribution >= 4 is 6.09 Å². The summed E-state index contributed by atoms with van der Waals surface area (Å²) in [7, 11) is 0. The van der Waals surface area contributed by atoms with Gasteiger partial charge in [0.1, 0.15) is 5.60 Å². The number of nitrogens with zero attached hydrogens (tertiary/aromatic N) is 2. The molecule has 6 nitrogen and oxygen atoms in total. The maximum atomic E-state index is 12.7. The summed E-state index contributed by atoms with van der Waals surface area (Å²) in [4.78, 5) is 14.6.